The van der Waals surface area contributed by atoms with Gasteiger partial charge >= 0.3 is 5.97 Å². The summed E-state index contributed by atoms with van der Waals surface area (Å²) in [6, 6.07) is 6.01. The summed E-state index contributed by atoms with van der Waals surface area (Å²) >= 11 is 1.69. The number of carboxylic acids is 1. The molecule has 0 aliphatic heterocycles. The van der Waals surface area contributed by atoms with E-state index in [0.29, 0.717) is 6.42 Å². The van der Waals surface area contributed by atoms with E-state index in [0.717, 1.165) is 20.8 Å². The predicted octanol–water partition coefficient (Wildman–Crippen LogP) is 3.61. The lowest BCUT2D eigenvalue weighted by Crippen LogP contribution is -2.09. The van der Waals surface area contributed by atoms with E-state index in [1.807, 2.05) is 12.1 Å². The number of hydrogen-bond acceptors (Lipinski definition) is 3. The lowest BCUT2D eigenvalue weighted by Gasteiger charge is -2.13. The Bertz CT molecular complexity index is 581. The first-order valence-electron chi connectivity index (χ1n) is 5.98. The molecule has 0 amide bonds. The van der Waals surface area contributed by atoms with Crippen LogP contribution in [0.3, 0.4) is 0 Å². The molecule has 0 bridgehead atoms. The quantitative estimate of drug-likeness (QED) is 0.920. The van der Waals surface area contributed by atoms with Crippen molar-refractivity contribution in [3.05, 3.63) is 28.8 Å². The molecule has 4 heteroatoms. The Kier molecular flexibility index (Phi) is 3.39. The average Bonchev–Trinajstić information content (AvgIpc) is 2.68. The van der Waals surface area contributed by atoms with Gasteiger partial charge < -0.3 is 5.11 Å². The molecule has 1 aromatic heterocycles. The van der Waals surface area contributed by atoms with Crippen LogP contribution < -0.4 is 0 Å². The van der Waals surface area contributed by atoms with E-state index in [1.165, 1.54) is 0 Å². The van der Waals surface area contributed by atoms with Crippen LogP contribution in [-0.4, -0.2) is 16.1 Å². The number of nitrogens with zero attached hydrogens (tertiary/aromatic N) is 1. The van der Waals surface area contributed by atoms with Crippen LogP contribution in [0.4, 0.5) is 0 Å². The molecule has 96 valence electrons. The number of aliphatic carboxylic acids is 1. The first-order chi connectivity index (χ1) is 8.36. The molecule has 0 aliphatic rings. The van der Waals surface area contributed by atoms with Crippen LogP contribution in [-0.2, 0) is 16.6 Å². The molecule has 1 aromatic carbocycles. The number of carboxylic acid groups (broad SMARTS) is 1. The van der Waals surface area contributed by atoms with Gasteiger partial charge in [-0.3, -0.25) is 4.79 Å². The summed E-state index contributed by atoms with van der Waals surface area (Å²) in [4.78, 5) is 15.2. The molecule has 1 N–H and O–H groups in total. The molecule has 2 aromatic rings. The third-order valence-corrected chi connectivity index (χ3v) is 4.17. The van der Waals surface area contributed by atoms with Gasteiger partial charge in [-0.1, -0.05) is 26.8 Å². The molecule has 1 heterocycles. The van der Waals surface area contributed by atoms with Crippen molar-refractivity contribution in [2.45, 2.75) is 39.0 Å². The van der Waals surface area contributed by atoms with Crippen LogP contribution in [0.25, 0.3) is 10.2 Å². The zero-order valence-electron chi connectivity index (χ0n) is 10.9. The van der Waals surface area contributed by atoms with Crippen LogP contribution in [0.15, 0.2) is 18.2 Å². The van der Waals surface area contributed by atoms with Crippen molar-refractivity contribution in [3.63, 3.8) is 0 Å². The fourth-order valence-electron chi connectivity index (χ4n) is 1.70. The molecular formula is C14H17NO2S. The lowest BCUT2D eigenvalue weighted by molar-refractivity contribution is -0.136. The van der Waals surface area contributed by atoms with Crippen LogP contribution in [0.5, 0.6) is 0 Å². The summed E-state index contributed by atoms with van der Waals surface area (Å²) in [6.07, 6.45) is 0.754. The summed E-state index contributed by atoms with van der Waals surface area (Å²) in [7, 11) is 0. The first-order valence-corrected chi connectivity index (χ1v) is 6.79. The number of aryl methyl sites for hydroxylation is 1. The van der Waals surface area contributed by atoms with Crippen LogP contribution in [0.1, 0.15) is 37.8 Å². The second kappa shape index (κ2) is 4.69. The van der Waals surface area contributed by atoms with Gasteiger partial charge in [0.2, 0.25) is 0 Å². The van der Waals surface area contributed by atoms with E-state index in [9.17, 15) is 4.79 Å². The van der Waals surface area contributed by atoms with E-state index in [4.69, 9.17) is 5.11 Å². The number of rotatable bonds is 3. The van der Waals surface area contributed by atoms with Gasteiger partial charge in [0.1, 0.15) is 0 Å². The molecule has 3 nitrogen and oxygen atoms in total. The lowest BCUT2D eigenvalue weighted by atomic mass is 9.98. The molecular weight excluding hydrogens is 246 g/mol. The number of thiazole rings is 1. The molecule has 2 rings (SSSR count). The third-order valence-electron chi connectivity index (χ3n) is 2.72. The highest BCUT2D eigenvalue weighted by molar-refractivity contribution is 7.18. The van der Waals surface area contributed by atoms with E-state index >= 15 is 0 Å². The third kappa shape index (κ3) is 2.88. The van der Waals surface area contributed by atoms with Crippen molar-refractivity contribution in [3.8, 4) is 0 Å². The minimum atomic E-state index is -0.755. The van der Waals surface area contributed by atoms with Gasteiger partial charge in [-0.15, -0.1) is 11.3 Å². The van der Waals surface area contributed by atoms with Gasteiger partial charge in [-0.25, -0.2) is 4.98 Å². The Morgan fingerprint density at radius 3 is 2.72 bits per heavy atom. The van der Waals surface area contributed by atoms with Gasteiger partial charge in [-0.05, 0) is 24.1 Å². The van der Waals surface area contributed by atoms with Gasteiger partial charge in [0.15, 0.2) is 0 Å². The fraction of sp³-hybridized carbons (Fsp3) is 0.429. The summed E-state index contributed by atoms with van der Waals surface area (Å²) in [5.74, 6) is -0.755. The number of carbonyl (C=O) groups is 1. The maximum absolute atomic E-state index is 10.6. The number of fused-ring (bicyclic) bond motifs is 1. The molecule has 0 aliphatic carbocycles. The van der Waals surface area contributed by atoms with Crippen molar-refractivity contribution >= 4 is 27.5 Å². The smallest absolute Gasteiger partial charge is 0.303 e. The monoisotopic (exact) mass is 263 g/mol. The molecule has 0 saturated carbocycles. The molecule has 18 heavy (non-hydrogen) atoms. The molecule has 0 radical (unpaired) electrons. The van der Waals surface area contributed by atoms with Crippen molar-refractivity contribution in [1.82, 2.24) is 4.98 Å². The van der Waals surface area contributed by atoms with Crippen LogP contribution in [0.2, 0.25) is 0 Å². The zero-order chi connectivity index (χ0) is 13.3. The highest BCUT2D eigenvalue weighted by Gasteiger charge is 2.18. The van der Waals surface area contributed by atoms with Gasteiger partial charge in [0.05, 0.1) is 15.2 Å². The molecule has 0 spiro atoms. The predicted molar refractivity (Wildman–Crippen MR) is 74.3 cm³/mol. The Labute approximate surface area is 110 Å². The van der Waals surface area contributed by atoms with E-state index in [1.54, 1.807) is 11.3 Å². The molecule has 0 atom stereocenters. The summed E-state index contributed by atoms with van der Waals surface area (Å²) in [5.41, 5.74) is 2.13. The van der Waals surface area contributed by atoms with Gasteiger partial charge in [0, 0.05) is 11.8 Å². The van der Waals surface area contributed by atoms with Crippen molar-refractivity contribution in [2.75, 3.05) is 0 Å². The Balaban J connectivity index is 2.31. The first kappa shape index (κ1) is 13.0. The topological polar surface area (TPSA) is 50.2 Å². The van der Waals surface area contributed by atoms with Crippen molar-refractivity contribution in [2.24, 2.45) is 0 Å². The van der Waals surface area contributed by atoms with Crippen molar-refractivity contribution < 1.29 is 9.90 Å². The largest absolute Gasteiger partial charge is 0.481 e. The Hall–Kier alpha value is -1.42. The summed E-state index contributed by atoms with van der Waals surface area (Å²) < 4.78 is 1.14. The normalized spacial score (nSPS) is 11.9. The van der Waals surface area contributed by atoms with E-state index in [2.05, 4.69) is 31.8 Å². The van der Waals surface area contributed by atoms with Gasteiger partial charge in [0.25, 0.3) is 0 Å². The minimum absolute atomic E-state index is 0.0604. The second-order valence-corrected chi connectivity index (χ2v) is 6.50. The average molecular weight is 263 g/mol. The maximum atomic E-state index is 10.6. The van der Waals surface area contributed by atoms with Crippen molar-refractivity contribution in [1.29, 1.82) is 0 Å². The van der Waals surface area contributed by atoms with E-state index < -0.39 is 5.97 Å². The zero-order valence-corrected chi connectivity index (χ0v) is 11.7. The second-order valence-electron chi connectivity index (χ2n) is 5.46. The highest BCUT2D eigenvalue weighted by atomic mass is 32.1. The summed E-state index contributed by atoms with van der Waals surface area (Å²) in [5, 5.41) is 9.81. The van der Waals surface area contributed by atoms with Crippen LogP contribution >= 0.6 is 11.3 Å². The minimum Gasteiger partial charge on any atom is -0.481 e. The van der Waals surface area contributed by atoms with Crippen LogP contribution in [0, 0.1) is 0 Å². The van der Waals surface area contributed by atoms with E-state index in [-0.39, 0.29) is 11.8 Å². The maximum Gasteiger partial charge on any atom is 0.303 e. The number of hydrogen-bond donors (Lipinski definition) is 1. The summed E-state index contributed by atoms with van der Waals surface area (Å²) in [6.45, 7) is 6.45. The Morgan fingerprint density at radius 2 is 2.11 bits per heavy atom. The number of benzene rings is 1. The van der Waals surface area contributed by atoms with Gasteiger partial charge in [-0.2, -0.15) is 0 Å². The SMILES string of the molecule is CC(C)(C)c1nc2ccc(CCC(=O)O)cc2s1. The molecule has 0 unspecified atom stereocenters. The number of aromatic nitrogens is 1. The molecule has 0 saturated heterocycles. The molecule has 0 fully saturated rings. The Morgan fingerprint density at radius 1 is 1.39 bits per heavy atom. The standard InChI is InChI=1S/C14H17NO2S/c1-14(2,3)13-15-10-6-4-9(5-7-12(16)17)8-11(10)18-13/h4,6,8H,5,7H2,1-3H3,(H,16,17). The highest BCUT2D eigenvalue weighted by Crippen LogP contribution is 2.31. The fourth-order valence-corrected chi connectivity index (χ4v) is 2.78.